The molecule has 0 saturated carbocycles. The topological polar surface area (TPSA) is 103 Å². The zero-order valence-corrected chi connectivity index (χ0v) is 20.2. The standard InChI is InChI=1S/C24H30N6O4/c1-16(31)28(5)17-6-8-19(9-7-17)33-22-20-14-27-30(21(20)25-15-26-22)18-10-12-29(13-11-18)23(32)34-24(2,3)4/h6-9,14-15,18H,10-13H2,1-5H3. The number of hydrogen-bond acceptors (Lipinski definition) is 7. The zero-order valence-electron chi connectivity index (χ0n) is 20.2. The van der Waals surface area contributed by atoms with Crippen LogP contribution in [0.3, 0.4) is 0 Å². The molecule has 0 N–H and O–H groups in total. The number of anilines is 1. The fraction of sp³-hybridized carbons (Fsp3) is 0.458. The summed E-state index contributed by atoms with van der Waals surface area (Å²) in [6, 6.07) is 7.33. The third-order valence-electron chi connectivity index (χ3n) is 5.73. The molecule has 1 saturated heterocycles. The van der Waals surface area contributed by atoms with E-state index in [1.807, 2.05) is 37.6 Å². The molecule has 1 aliphatic rings. The van der Waals surface area contributed by atoms with E-state index in [0.29, 0.717) is 35.8 Å². The second kappa shape index (κ2) is 9.28. The van der Waals surface area contributed by atoms with Gasteiger partial charge in [-0.3, -0.25) is 4.79 Å². The van der Waals surface area contributed by atoms with E-state index in [4.69, 9.17) is 9.47 Å². The van der Waals surface area contributed by atoms with Gasteiger partial charge >= 0.3 is 6.09 Å². The Morgan fingerprint density at radius 1 is 1.09 bits per heavy atom. The average Bonchev–Trinajstić information content (AvgIpc) is 3.23. The van der Waals surface area contributed by atoms with E-state index in [1.165, 1.54) is 13.3 Å². The lowest BCUT2D eigenvalue weighted by Crippen LogP contribution is -2.42. The summed E-state index contributed by atoms with van der Waals surface area (Å²) in [6.07, 6.45) is 4.39. The van der Waals surface area contributed by atoms with Crippen molar-refractivity contribution in [3.8, 4) is 11.6 Å². The molecule has 0 radical (unpaired) electrons. The minimum Gasteiger partial charge on any atom is -0.444 e. The highest BCUT2D eigenvalue weighted by Crippen LogP contribution is 2.31. The molecule has 10 heteroatoms. The highest BCUT2D eigenvalue weighted by atomic mass is 16.6. The van der Waals surface area contributed by atoms with Crippen molar-refractivity contribution >= 4 is 28.7 Å². The largest absolute Gasteiger partial charge is 0.444 e. The summed E-state index contributed by atoms with van der Waals surface area (Å²) < 4.78 is 13.4. The van der Waals surface area contributed by atoms with Gasteiger partial charge in [-0.2, -0.15) is 5.10 Å². The molecule has 180 valence electrons. The van der Waals surface area contributed by atoms with Crippen molar-refractivity contribution in [2.75, 3.05) is 25.0 Å². The number of carbonyl (C=O) groups excluding carboxylic acids is 2. The van der Waals surface area contributed by atoms with E-state index in [0.717, 1.165) is 18.5 Å². The molecule has 1 aliphatic heterocycles. The Kier molecular flexibility index (Phi) is 6.41. The van der Waals surface area contributed by atoms with E-state index in [2.05, 4.69) is 15.1 Å². The van der Waals surface area contributed by atoms with Gasteiger partial charge in [0.15, 0.2) is 5.65 Å². The predicted octanol–water partition coefficient (Wildman–Crippen LogP) is 4.17. The number of hydrogen-bond donors (Lipinski definition) is 0. The van der Waals surface area contributed by atoms with Crippen LogP contribution in [0.4, 0.5) is 10.5 Å². The van der Waals surface area contributed by atoms with Gasteiger partial charge in [0.25, 0.3) is 0 Å². The maximum Gasteiger partial charge on any atom is 0.410 e. The zero-order chi connectivity index (χ0) is 24.5. The van der Waals surface area contributed by atoms with Crippen LogP contribution in [0.15, 0.2) is 36.8 Å². The molecule has 1 fully saturated rings. The highest BCUT2D eigenvalue weighted by molar-refractivity contribution is 5.90. The van der Waals surface area contributed by atoms with Crippen LogP contribution in [-0.2, 0) is 9.53 Å². The minimum absolute atomic E-state index is 0.0458. The number of nitrogens with zero attached hydrogens (tertiary/aromatic N) is 6. The molecule has 0 unspecified atom stereocenters. The number of benzene rings is 1. The molecule has 1 aromatic carbocycles. The lowest BCUT2D eigenvalue weighted by molar-refractivity contribution is -0.116. The Bertz CT molecular complexity index is 1180. The number of rotatable bonds is 4. The number of ether oxygens (including phenoxy) is 2. The first kappa shape index (κ1) is 23.5. The summed E-state index contributed by atoms with van der Waals surface area (Å²) in [4.78, 5) is 35.9. The molecule has 4 rings (SSSR count). The Morgan fingerprint density at radius 3 is 2.38 bits per heavy atom. The van der Waals surface area contributed by atoms with Crippen molar-refractivity contribution < 1.29 is 19.1 Å². The van der Waals surface area contributed by atoms with Crippen LogP contribution in [0.1, 0.15) is 46.6 Å². The summed E-state index contributed by atoms with van der Waals surface area (Å²) in [7, 11) is 1.72. The van der Waals surface area contributed by atoms with Gasteiger partial charge in [0.1, 0.15) is 23.1 Å². The first-order valence-corrected chi connectivity index (χ1v) is 11.3. The molecule has 3 aromatic rings. The van der Waals surface area contributed by atoms with Crippen molar-refractivity contribution in [3.63, 3.8) is 0 Å². The number of aromatic nitrogens is 4. The van der Waals surface area contributed by atoms with Gasteiger partial charge in [0.05, 0.1) is 12.2 Å². The fourth-order valence-electron chi connectivity index (χ4n) is 3.84. The monoisotopic (exact) mass is 466 g/mol. The van der Waals surface area contributed by atoms with Gasteiger partial charge in [0.2, 0.25) is 11.8 Å². The van der Waals surface area contributed by atoms with E-state index < -0.39 is 5.60 Å². The predicted molar refractivity (Wildman–Crippen MR) is 127 cm³/mol. The van der Waals surface area contributed by atoms with E-state index in [-0.39, 0.29) is 18.0 Å². The van der Waals surface area contributed by atoms with Gasteiger partial charge in [-0.15, -0.1) is 0 Å². The van der Waals surface area contributed by atoms with Crippen molar-refractivity contribution in [1.29, 1.82) is 0 Å². The van der Waals surface area contributed by atoms with Crippen molar-refractivity contribution in [2.24, 2.45) is 0 Å². The highest BCUT2D eigenvalue weighted by Gasteiger charge is 2.29. The second-order valence-corrected chi connectivity index (χ2v) is 9.38. The van der Waals surface area contributed by atoms with Gasteiger partial charge in [-0.25, -0.2) is 19.4 Å². The number of fused-ring (bicyclic) bond motifs is 1. The van der Waals surface area contributed by atoms with Crippen molar-refractivity contribution in [1.82, 2.24) is 24.6 Å². The summed E-state index contributed by atoms with van der Waals surface area (Å²) in [6.45, 7) is 8.30. The normalized spacial score (nSPS) is 14.8. The van der Waals surface area contributed by atoms with E-state index >= 15 is 0 Å². The second-order valence-electron chi connectivity index (χ2n) is 9.38. The van der Waals surface area contributed by atoms with Gasteiger partial charge in [-0.1, -0.05) is 0 Å². The van der Waals surface area contributed by atoms with Crippen LogP contribution in [0.2, 0.25) is 0 Å². The average molecular weight is 467 g/mol. The Morgan fingerprint density at radius 2 is 1.76 bits per heavy atom. The summed E-state index contributed by atoms with van der Waals surface area (Å²) in [5, 5.41) is 5.27. The molecule has 10 nitrogen and oxygen atoms in total. The number of carbonyl (C=O) groups is 2. The number of likely N-dealkylation sites (tertiary alicyclic amines) is 1. The summed E-state index contributed by atoms with van der Waals surface area (Å²) in [5.41, 5.74) is 0.954. The van der Waals surface area contributed by atoms with Gasteiger partial charge < -0.3 is 19.3 Å². The molecular weight excluding hydrogens is 436 g/mol. The van der Waals surface area contributed by atoms with Crippen LogP contribution in [0.5, 0.6) is 11.6 Å². The molecule has 0 bridgehead atoms. The van der Waals surface area contributed by atoms with Crippen LogP contribution < -0.4 is 9.64 Å². The maximum absolute atomic E-state index is 12.4. The lowest BCUT2D eigenvalue weighted by Gasteiger charge is -2.33. The van der Waals surface area contributed by atoms with Crippen molar-refractivity contribution in [2.45, 2.75) is 52.2 Å². The first-order chi connectivity index (χ1) is 16.1. The molecule has 0 aliphatic carbocycles. The quantitative estimate of drug-likeness (QED) is 0.568. The molecule has 2 aromatic heterocycles. The summed E-state index contributed by atoms with van der Waals surface area (Å²) in [5.74, 6) is 0.963. The van der Waals surface area contributed by atoms with E-state index in [9.17, 15) is 9.59 Å². The maximum atomic E-state index is 12.4. The van der Waals surface area contributed by atoms with Gasteiger partial charge in [-0.05, 0) is 57.9 Å². The van der Waals surface area contributed by atoms with Crippen LogP contribution in [0.25, 0.3) is 11.0 Å². The minimum atomic E-state index is -0.511. The molecule has 0 atom stereocenters. The first-order valence-electron chi connectivity index (χ1n) is 11.3. The number of amides is 2. The smallest absolute Gasteiger partial charge is 0.410 e. The SMILES string of the molecule is CC(=O)N(C)c1ccc(Oc2ncnc3c2cnn3C2CCN(C(=O)OC(C)(C)C)CC2)cc1. The summed E-state index contributed by atoms with van der Waals surface area (Å²) >= 11 is 0. The van der Waals surface area contributed by atoms with Crippen LogP contribution in [-0.4, -0.2) is 62.4 Å². The molecule has 0 spiro atoms. The lowest BCUT2D eigenvalue weighted by atomic mass is 10.1. The van der Waals surface area contributed by atoms with Crippen LogP contribution >= 0.6 is 0 Å². The Labute approximate surface area is 198 Å². The third kappa shape index (κ3) is 5.11. The molecule has 34 heavy (non-hydrogen) atoms. The third-order valence-corrected chi connectivity index (χ3v) is 5.73. The van der Waals surface area contributed by atoms with Gasteiger partial charge in [0, 0.05) is 32.7 Å². The molecule has 2 amide bonds. The van der Waals surface area contributed by atoms with Crippen LogP contribution in [0, 0.1) is 0 Å². The number of piperidine rings is 1. The molecule has 3 heterocycles. The van der Waals surface area contributed by atoms with Crippen molar-refractivity contribution in [3.05, 3.63) is 36.8 Å². The van der Waals surface area contributed by atoms with E-state index in [1.54, 1.807) is 35.2 Å². The molecular formula is C24H30N6O4. The fourth-order valence-corrected chi connectivity index (χ4v) is 3.84. The Hall–Kier alpha value is -3.69. The Balaban J connectivity index is 1.46.